The number of hydrogen-bond acceptors (Lipinski definition) is 5. The van der Waals surface area contributed by atoms with Gasteiger partial charge in [0.15, 0.2) is 0 Å². The molecule has 2 aliphatic rings. The average molecular weight is 274 g/mol. The highest BCUT2D eigenvalue weighted by Crippen LogP contribution is 2.57. The molecule has 0 N–H and O–H groups in total. The van der Waals surface area contributed by atoms with Gasteiger partial charge in [-0.3, -0.25) is 0 Å². The highest BCUT2D eigenvalue weighted by atomic mass is 16.6. The van der Waals surface area contributed by atoms with Crippen LogP contribution in [0.15, 0.2) is 35.4 Å². The second-order valence-corrected chi connectivity index (χ2v) is 4.89. The van der Waals surface area contributed by atoms with Gasteiger partial charge in [0.1, 0.15) is 11.7 Å². The maximum absolute atomic E-state index is 12.1. The first-order valence-electron chi connectivity index (χ1n) is 6.23. The maximum Gasteiger partial charge on any atom is 0.337 e. The lowest BCUT2D eigenvalue weighted by Gasteiger charge is -2.24. The molecule has 0 saturated carbocycles. The predicted molar refractivity (Wildman–Crippen MR) is 68.7 cm³/mol. The van der Waals surface area contributed by atoms with Gasteiger partial charge in [0.05, 0.1) is 25.4 Å². The molecule has 0 radical (unpaired) electrons. The number of hydrogen-bond donors (Lipinski definition) is 0. The van der Waals surface area contributed by atoms with E-state index in [0.717, 1.165) is 11.1 Å². The zero-order chi connectivity index (χ0) is 14.5. The number of rotatable bonds is 2. The quantitative estimate of drug-likeness (QED) is 0.767. The summed E-state index contributed by atoms with van der Waals surface area (Å²) in [6.07, 6.45) is -0.572. The molecule has 5 nitrogen and oxygen atoms in total. The van der Waals surface area contributed by atoms with Gasteiger partial charge in [-0.15, -0.1) is 0 Å². The van der Waals surface area contributed by atoms with Crippen LogP contribution in [0.3, 0.4) is 0 Å². The summed E-state index contributed by atoms with van der Waals surface area (Å²) in [5.74, 6) is -1.13. The Labute approximate surface area is 116 Å². The van der Waals surface area contributed by atoms with Crippen LogP contribution in [0.25, 0.3) is 0 Å². The van der Waals surface area contributed by atoms with Crippen molar-refractivity contribution in [3.63, 3.8) is 0 Å². The Hall–Kier alpha value is -2.14. The van der Waals surface area contributed by atoms with Crippen LogP contribution in [-0.4, -0.2) is 26.2 Å². The van der Waals surface area contributed by atoms with Crippen LogP contribution in [0, 0.1) is 0 Å². The third-order valence-corrected chi connectivity index (χ3v) is 3.91. The molecule has 20 heavy (non-hydrogen) atoms. The molecule has 1 aromatic rings. The Morgan fingerprint density at radius 2 is 1.80 bits per heavy atom. The summed E-state index contributed by atoms with van der Waals surface area (Å²) in [5.41, 5.74) is 1.29. The number of carbonyl (C=O) groups is 2. The Bertz CT molecular complexity index is 645. The van der Waals surface area contributed by atoms with Crippen LogP contribution < -0.4 is 0 Å². The maximum atomic E-state index is 12.1. The zero-order valence-electron chi connectivity index (χ0n) is 11.4. The smallest absolute Gasteiger partial charge is 0.337 e. The molecule has 5 heteroatoms. The predicted octanol–water partition coefficient (Wildman–Crippen LogP) is 1.63. The van der Waals surface area contributed by atoms with Crippen LogP contribution in [0.4, 0.5) is 0 Å². The number of esters is 2. The summed E-state index contributed by atoms with van der Waals surface area (Å²) in [5, 5.41) is 0. The Kier molecular flexibility index (Phi) is 2.69. The minimum Gasteiger partial charge on any atom is -0.466 e. The fourth-order valence-corrected chi connectivity index (χ4v) is 3.04. The van der Waals surface area contributed by atoms with E-state index in [1.165, 1.54) is 14.2 Å². The lowest BCUT2D eigenvalue weighted by Crippen LogP contribution is -2.29. The van der Waals surface area contributed by atoms with Crippen molar-refractivity contribution in [2.24, 2.45) is 0 Å². The molecule has 2 heterocycles. The van der Waals surface area contributed by atoms with E-state index in [9.17, 15) is 9.59 Å². The monoisotopic (exact) mass is 274 g/mol. The SMILES string of the molecule is COC(=O)C1=C(C(=O)OC)[C@]2(C)O[C@H]1c1ccccc12. The molecule has 0 spiro atoms. The van der Waals surface area contributed by atoms with E-state index < -0.39 is 23.6 Å². The molecule has 3 rings (SSSR count). The lowest BCUT2D eigenvalue weighted by atomic mass is 9.78. The lowest BCUT2D eigenvalue weighted by molar-refractivity contribution is -0.139. The van der Waals surface area contributed by atoms with Crippen molar-refractivity contribution in [1.29, 1.82) is 0 Å². The third kappa shape index (κ3) is 1.41. The van der Waals surface area contributed by atoms with E-state index in [2.05, 4.69) is 0 Å². The number of benzene rings is 1. The first-order valence-corrected chi connectivity index (χ1v) is 6.23. The molecule has 104 valence electrons. The number of fused-ring (bicyclic) bond motifs is 5. The van der Waals surface area contributed by atoms with Crippen molar-refractivity contribution in [3.05, 3.63) is 46.5 Å². The summed E-state index contributed by atoms with van der Waals surface area (Å²) in [6, 6.07) is 7.54. The van der Waals surface area contributed by atoms with E-state index in [4.69, 9.17) is 14.2 Å². The Morgan fingerprint density at radius 1 is 1.15 bits per heavy atom. The van der Waals surface area contributed by atoms with Gasteiger partial charge in [0.25, 0.3) is 0 Å². The molecule has 0 saturated heterocycles. The summed E-state index contributed by atoms with van der Waals surface area (Å²) >= 11 is 0. The molecule has 2 aliphatic heterocycles. The highest BCUT2D eigenvalue weighted by molar-refractivity contribution is 6.04. The summed E-state index contributed by atoms with van der Waals surface area (Å²) in [7, 11) is 2.57. The van der Waals surface area contributed by atoms with Crippen molar-refractivity contribution in [2.75, 3.05) is 14.2 Å². The van der Waals surface area contributed by atoms with Crippen LogP contribution in [0.2, 0.25) is 0 Å². The second-order valence-electron chi connectivity index (χ2n) is 4.89. The Morgan fingerprint density at radius 3 is 2.45 bits per heavy atom. The minimum atomic E-state index is -0.960. The van der Waals surface area contributed by atoms with Crippen LogP contribution >= 0.6 is 0 Å². The van der Waals surface area contributed by atoms with Gasteiger partial charge in [-0.05, 0) is 18.1 Å². The van der Waals surface area contributed by atoms with E-state index >= 15 is 0 Å². The number of carbonyl (C=O) groups excluding carboxylic acids is 2. The van der Waals surface area contributed by atoms with E-state index in [1.807, 2.05) is 24.3 Å². The second kappa shape index (κ2) is 4.18. The molecular formula is C15H14O5. The molecule has 0 unspecified atom stereocenters. The fourth-order valence-electron chi connectivity index (χ4n) is 3.04. The van der Waals surface area contributed by atoms with E-state index in [-0.39, 0.29) is 11.1 Å². The Balaban J connectivity index is 2.25. The average Bonchev–Trinajstić information content (AvgIpc) is 2.95. The van der Waals surface area contributed by atoms with Crippen molar-refractivity contribution in [1.82, 2.24) is 0 Å². The molecule has 1 aromatic carbocycles. The van der Waals surface area contributed by atoms with E-state index in [1.54, 1.807) is 6.92 Å². The topological polar surface area (TPSA) is 61.8 Å². The first kappa shape index (κ1) is 12.9. The van der Waals surface area contributed by atoms with Gasteiger partial charge in [0.2, 0.25) is 0 Å². The molecule has 0 amide bonds. The summed E-state index contributed by atoms with van der Waals surface area (Å²) < 4.78 is 15.5. The molecule has 2 bridgehead atoms. The normalized spacial score (nSPS) is 26.4. The van der Waals surface area contributed by atoms with Gasteiger partial charge in [-0.1, -0.05) is 24.3 Å². The van der Waals surface area contributed by atoms with Crippen molar-refractivity contribution in [2.45, 2.75) is 18.6 Å². The van der Waals surface area contributed by atoms with Crippen LogP contribution in [-0.2, 0) is 29.4 Å². The minimum absolute atomic E-state index is 0.232. The van der Waals surface area contributed by atoms with Crippen molar-refractivity contribution in [3.8, 4) is 0 Å². The van der Waals surface area contributed by atoms with Crippen LogP contribution in [0.1, 0.15) is 24.2 Å². The first-order chi connectivity index (χ1) is 9.54. The van der Waals surface area contributed by atoms with Gasteiger partial charge < -0.3 is 14.2 Å². The van der Waals surface area contributed by atoms with Crippen molar-refractivity contribution < 1.29 is 23.8 Å². The van der Waals surface area contributed by atoms with Gasteiger partial charge >= 0.3 is 11.9 Å². The van der Waals surface area contributed by atoms with Gasteiger partial charge in [0, 0.05) is 0 Å². The highest BCUT2D eigenvalue weighted by Gasteiger charge is 2.57. The molecular weight excluding hydrogens is 260 g/mol. The summed E-state index contributed by atoms with van der Waals surface area (Å²) in [4.78, 5) is 24.1. The number of methoxy groups -OCH3 is 2. The standard InChI is InChI=1S/C15H14O5/c1-15-9-7-5-4-6-8(9)12(20-15)10(13(16)18-2)11(15)14(17)19-3/h4-7,12H,1-3H3/t12-,15+/m0/s1. The van der Waals surface area contributed by atoms with Crippen LogP contribution in [0.5, 0.6) is 0 Å². The molecule has 0 fully saturated rings. The van der Waals surface area contributed by atoms with Gasteiger partial charge in [-0.25, -0.2) is 9.59 Å². The third-order valence-electron chi connectivity index (χ3n) is 3.91. The van der Waals surface area contributed by atoms with Gasteiger partial charge in [-0.2, -0.15) is 0 Å². The largest absolute Gasteiger partial charge is 0.466 e. The fraction of sp³-hybridized carbons (Fsp3) is 0.333. The molecule has 0 aliphatic carbocycles. The number of ether oxygens (including phenoxy) is 3. The van der Waals surface area contributed by atoms with E-state index in [0.29, 0.717) is 0 Å². The zero-order valence-corrected chi connectivity index (χ0v) is 11.4. The summed E-state index contributed by atoms with van der Waals surface area (Å²) in [6.45, 7) is 1.77. The molecule has 2 atom stereocenters. The van der Waals surface area contributed by atoms with Crippen molar-refractivity contribution >= 4 is 11.9 Å². The molecule has 0 aromatic heterocycles.